The van der Waals surface area contributed by atoms with E-state index in [1.165, 1.54) is 0 Å². The zero-order valence-corrected chi connectivity index (χ0v) is 16.9. The molecular formula is C20H28N2O4S. The van der Waals surface area contributed by atoms with Crippen molar-refractivity contribution in [1.82, 2.24) is 9.80 Å². The Kier molecular flexibility index (Phi) is 6.01. The van der Waals surface area contributed by atoms with Gasteiger partial charge in [-0.05, 0) is 37.5 Å². The van der Waals surface area contributed by atoms with Crippen molar-refractivity contribution < 1.29 is 18.0 Å². The molecule has 1 atom stereocenters. The van der Waals surface area contributed by atoms with Crippen LogP contribution in [0.25, 0.3) is 0 Å². The molecule has 0 bridgehead atoms. The third kappa shape index (κ3) is 4.96. The highest BCUT2D eigenvalue weighted by Crippen LogP contribution is 2.20. The molecule has 3 rings (SSSR count). The summed E-state index contributed by atoms with van der Waals surface area (Å²) < 4.78 is 23.3. The Morgan fingerprint density at radius 1 is 1.04 bits per heavy atom. The third-order valence-electron chi connectivity index (χ3n) is 5.79. The van der Waals surface area contributed by atoms with Gasteiger partial charge in [0, 0.05) is 50.6 Å². The lowest BCUT2D eigenvalue weighted by molar-refractivity contribution is -0.133. The molecule has 0 radical (unpaired) electrons. The number of hydrogen-bond donors (Lipinski definition) is 0. The van der Waals surface area contributed by atoms with E-state index in [1.54, 1.807) is 4.90 Å². The fraction of sp³-hybridized carbons (Fsp3) is 0.600. The van der Waals surface area contributed by atoms with Gasteiger partial charge in [0.1, 0.15) is 0 Å². The standard InChI is InChI=1S/C20H28N2O4S/c1-15-3-4-17(13-16(15)2)19(23)5-6-20(24)22-10-8-21(9-11-22)18-7-12-27(25,26)14-18/h3-4,13,18H,5-12,14H2,1-2H3/t18-/m0/s1. The topological polar surface area (TPSA) is 74.8 Å². The molecule has 0 spiro atoms. The zero-order valence-electron chi connectivity index (χ0n) is 16.1. The second-order valence-corrected chi connectivity index (χ2v) is 9.92. The lowest BCUT2D eigenvalue weighted by Crippen LogP contribution is -2.52. The molecule has 1 amide bonds. The Labute approximate surface area is 161 Å². The van der Waals surface area contributed by atoms with E-state index in [9.17, 15) is 18.0 Å². The van der Waals surface area contributed by atoms with Gasteiger partial charge in [-0.15, -0.1) is 0 Å². The molecule has 1 aromatic carbocycles. The number of hydrogen-bond acceptors (Lipinski definition) is 5. The molecule has 2 heterocycles. The number of nitrogens with zero attached hydrogens (tertiary/aromatic N) is 2. The maximum absolute atomic E-state index is 12.4. The Balaban J connectivity index is 1.45. The summed E-state index contributed by atoms with van der Waals surface area (Å²) in [6.07, 6.45) is 1.15. The third-order valence-corrected chi connectivity index (χ3v) is 7.54. The van der Waals surface area contributed by atoms with Gasteiger partial charge in [-0.25, -0.2) is 8.42 Å². The Morgan fingerprint density at radius 3 is 2.33 bits per heavy atom. The normalized spacial score (nSPS) is 22.7. The number of sulfone groups is 1. The average molecular weight is 393 g/mol. The SMILES string of the molecule is Cc1ccc(C(=O)CCC(=O)N2CCN([C@H]3CCS(=O)(=O)C3)CC2)cc1C. The molecule has 1 aromatic rings. The summed E-state index contributed by atoms with van der Waals surface area (Å²) in [5.41, 5.74) is 2.89. The summed E-state index contributed by atoms with van der Waals surface area (Å²) in [5, 5.41) is 0. The number of piperazine rings is 1. The minimum atomic E-state index is -2.88. The first-order valence-corrected chi connectivity index (χ1v) is 11.4. The van der Waals surface area contributed by atoms with Crippen LogP contribution < -0.4 is 0 Å². The number of carbonyl (C=O) groups is 2. The van der Waals surface area contributed by atoms with Crippen molar-refractivity contribution >= 4 is 21.5 Å². The second kappa shape index (κ2) is 8.10. The van der Waals surface area contributed by atoms with Gasteiger partial charge in [-0.1, -0.05) is 12.1 Å². The quantitative estimate of drug-likeness (QED) is 0.712. The van der Waals surface area contributed by atoms with Gasteiger partial charge >= 0.3 is 0 Å². The van der Waals surface area contributed by atoms with Gasteiger partial charge in [0.15, 0.2) is 15.6 Å². The van der Waals surface area contributed by atoms with Crippen LogP contribution in [0.4, 0.5) is 0 Å². The number of carbonyl (C=O) groups excluding carboxylic acids is 2. The molecule has 7 heteroatoms. The van der Waals surface area contributed by atoms with Crippen LogP contribution in [-0.2, 0) is 14.6 Å². The van der Waals surface area contributed by atoms with E-state index in [4.69, 9.17) is 0 Å². The number of benzene rings is 1. The number of rotatable bonds is 5. The summed E-state index contributed by atoms with van der Waals surface area (Å²) in [7, 11) is -2.88. The maximum atomic E-state index is 12.4. The molecule has 6 nitrogen and oxygen atoms in total. The highest BCUT2D eigenvalue weighted by molar-refractivity contribution is 7.91. The van der Waals surface area contributed by atoms with Gasteiger partial charge in [0.05, 0.1) is 11.5 Å². The Bertz CT molecular complexity index is 826. The van der Waals surface area contributed by atoms with E-state index < -0.39 is 9.84 Å². The molecule has 0 aromatic heterocycles. The van der Waals surface area contributed by atoms with Gasteiger partial charge in [-0.2, -0.15) is 0 Å². The van der Waals surface area contributed by atoms with E-state index in [2.05, 4.69) is 4.90 Å². The van der Waals surface area contributed by atoms with Crippen LogP contribution in [0.2, 0.25) is 0 Å². The van der Waals surface area contributed by atoms with Crippen LogP contribution >= 0.6 is 0 Å². The monoisotopic (exact) mass is 392 g/mol. The molecule has 0 aliphatic carbocycles. The van der Waals surface area contributed by atoms with Gasteiger partial charge in [0.25, 0.3) is 0 Å². The number of Topliss-reactive ketones (excluding diaryl/α,β-unsaturated/α-hetero) is 1. The van der Waals surface area contributed by atoms with Gasteiger partial charge < -0.3 is 4.90 Å². The van der Waals surface area contributed by atoms with Gasteiger partial charge in [0.2, 0.25) is 5.91 Å². The maximum Gasteiger partial charge on any atom is 0.223 e. The number of amides is 1. The predicted molar refractivity (Wildman–Crippen MR) is 105 cm³/mol. The van der Waals surface area contributed by atoms with E-state index >= 15 is 0 Å². The van der Waals surface area contributed by atoms with Crippen LogP contribution in [-0.4, -0.2) is 73.6 Å². The summed E-state index contributed by atoms with van der Waals surface area (Å²) >= 11 is 0. The average Bonchev–Trinajstić information content (AvgIpc) is 3.01. The summed E-state index contributed by atoms with van der Waals surface area (Å²) in [5.74, 6) is 0.523. The Hall–Kier alpha value is -1.73. The molecular weight excluding hydrogens is 364 g/mol. The van der Waals surface area contributed by atoms with Crippen molar-refractivity contribution in [3.8, 4) is 0 Å². The van der Waals surface area contributed by atoms with Crippen molar-refractivity contribution in [2.75, 3.05) is 37.7 Å². The van der Waals surface area contributed by atoms with Crippen molar-refractivity contribution in [1.29, 1.82) is 0 Å². The lowest BCUT2D eigenvalue weighted by atomic mass is 10.0. The van der Waals surface area contributed by atoms with Crippen LogP contribution in [0.5, 0.6) is 0 Å². The van der Waals surface area contributed by atoms with E-state index in [0.717, 1.165) is 11.1 Å². The highest BCUT2D eigenvalue weighted by Gasteiger charge is 2.34. The molecule has 0 saturated carbocycles. The summed E-state index contributed by atoms with van der Waals surface area (Å²) in [6, 6.07) is 5.74. The van der Waals surface area contributed by atoms with Crippen LogP contribution in [0.15, 0.2) is 18.2 Å². The van der Waals surface area contributed by atoms with Crippen LogP contribution in [0, 0.1) is 13.8 Å². The molecule has 0 unspecified atom stereocenters. The smallest absolute Gasteiger partial charge is 0.223 e. The van der Waals surface area contributed by atoms with Gasteiger partial charge in [-0.3, -0.25) is 14.5 Å². The zero-order chi connectivity index (χ0) is 19.6. The first-order valence-electron chi connectivity index (χ1n) is 9.58. The largest absolute Gasteiger partial charge is 0.340 e. The number of ketones is 1. The van der Waals surface area contributed by atoms with E-state index in [-0.39, 0.29) is 42.1 Å². The minimum Gasteiger partial charge on any atom is -0.340 e. The second-order valence-electron chi connectivity index (χ2n) is 7.70. The fourth-order valence-corrected chi connectivity index (χ4v) is 5.60. The Morgan fingerprint density at radius 2 is 1.74 bits per heavy atom. The van der Waals surface area contributed by atoms with Crippen molar-refractivity contribution in [3.63, 3.8) is 0 Å². The molecule has 0 N–H and O–H groups in total. The molecule has 148 valence electrons. The molecule has 27 heavy (non-hydrogen) atoms. The fourth-order valence-electron chi connectivity index (χ4n) is 3.84. The lowest BCUT2D eigenvalue weighted by Gasteiger charge is -2.37. The first-order chi connectivity index (χ1) is 12.7. The first kappa shape index (κ1) is 20.0. The minimum absolute atomic E-state index is 0.00116. The molecule has 2 aliphatic rings. The molecule has 2 aliphatic heterocycles. The highest BCUT2D eigenvalue weighted by atomic mass is 32.2. The molecule has 2 fully saturated rings. The number of aryl methyl sites for hydroxylation is 2. The van der Waals surface area contributed by atoms with Crippen LogP contribution in [0.1, 0.15) is 40.7 Å². The summed E-state index contributed by atoms with van der Waals surface area (Å²) in [4.78, 5) is 28.8. The predicted octanol–water partition coefficient (Wildman–Crippen LogP) is 1.60. The summed E-state index contributed by atoms with van der Waals surface area (Å²) in [6.45, 7) is 6.61. The van der Waals surface area contributed by atoms with Crippen molar-refractivity contribution in [2.45, 2.75) is 39.2 Å². The van der Waals surface area contributed by atoms with E-state index in [1.807, 2.05) is 32.0 Å². The van der Waals surface area contributed by atoms with Crippen molar-refractivity contribution in [2.24, 2.45) is 0 Å². The van der Waals surface area contributed by atoms with Crippen molar-refractivity contribution in [3.05, 3.63) is 34.9 Å². The van der Waals surface area contributed by atoms with Crippen LogP contribution in [0.3, 0.4) is 0 Å². The molecule has 2 saturated heterocycles. The van der Waals surface area contributed by atoms with E-state index in [0.29, 0.717) is 38.2 Å².